The number of fused-ring (bicyclic) bond motifs is 3. The minimum absolute atomic E-state index is 0.708. The highest BCUT2D eigenvalue weighted by Gasteiger charge is 2.23. The van der Waals surface area contributed by atoms with Crippen LogP contribution in [0.5, 0.6) is 0 Å². The number of anilines is 1. The predicted octanol–water partition coefficient (Wildman–Crippen LogP) is 3.25. The van der Waals surface area contributed by atoms with E-state index in [1.807, 2.05) is 18.2 Å². The van der Waals surface area contributed by atoms with E-state index in [9.17, 15) is 0 Å². The Labute approximate surface area is 116 Å². The third kappa shape index (κ3) is 1.62. The molecule has 2 aromatic carbocycles. The Morgan fingerprint density at radius 3 is 1.95 bits per heavy atom. The van der Waals surface area contributed by atoms with E-state index >= 15 is 0 Å². The van der Waals surface area contributed by atoms with E-state index in [0.717, 1.165) is 16.8 Å². The maximum Gasteiger partial charge on any atom is 0.167 e. The Hall–Kier alpha value is -2.88. The molecule has 20 heavy (non-hydrogen) atoms. The Bertz CT molecular complexity index is 740. The monoisotopic (exact) mass is 260 g/mol. The molecule has 0 bridgehead atoms. The van der Waals surface area contributed by atoms with Gasteiger partial charge in [0.2, 0.25) is 0 Å². The highest BCUT2D eigenvalue weighted by molar-refractivity contribution is 6.24. The summed E-state index contributed by atoms with van der Waals surface area (Å²) in [6.07, 6.45) is 1.76. The average molecular weight is 260 g/mol. The third-order valence-corrected chi connectivity index (χ3v) is 3.44. The molecule has 0 spiro atoms. The molecule has 0 unspecified atom stereocenters. The minimum atomic E-state index is 0.708. The van der Waals surface area contributed by atoms with Gasteiger partial charge in [-0.15, -0.1) is 0 Å². The number of nitrogens with zero attached hydrogens (tertiary/aromatic N) is 2. The maximum absolute atomic E-state index is 4.53. The Morgan fingerprint density at radius 1 is 0.800 bits per heavy atom. The molecule has 1 heterocycles. The largest absolute Gasteiger partial charge is 0.284 e. The summed E-state index contributed by atoms with van der Waals surface area (Å²) in [5.74, 6) is 0.708. The van der Waals surface area contributed by atoms with Gasteiger partial charge in [-0.1, -0.05) is 48.5 Å². The number of rotatable bonds is 2. The smallest absolute Gasteiger partial charge is 0.167 e. The highest BCUT2D eigenvalue weighted by Crippen LogP contribution is 2.36. The van der Waals surface area contributed by atoms with Crippen LogP contribution in [-0.2, 0) is 0 Å². The first-order valence-electron chi connectivity index (χ1n) is 6.46. The van der Waals surface area contributed by atoms with Crippen LogP contribution in [0.4, 0.5) is 5.82 Å². The molecule has 4 heteroatoms. The van der Waals surface area contributed by atoms with Crippen molar-refractivity contribution in [2.24, 2.45) is 5.10 Å². The molecule has 96 valence electrons. The van der Waals surface area contributed by atoms with Crippen LogP contribution in [0.2, 0.25) is 0 Å². The molecule has 1 aliphatic carbocycles. The van der Waals surface area contributed by atoms with Crippen LogP contribution < -0.4 is 5.43 Å². The zero-order chi connectivity index (χ0) is 13.4. The summed E-state index contributed by atoms with van der Waals surface area (Å²) in [4.78, 5) is 0. The number of benzene rings is 2. The van der Waals surface area contributed by atoms with Gasteiger partial charge in [-0.25, -0.2) is 0 Å². The number of hydrazone groups is 1. The van der Waals surface area contributed by atoms with Gasteiger partial charge < -0.3 is 0 Å². The van der Waals surface area contributed by atoms with E-state index in [4.69, 9.17) is 0 Å². The second-order valence-corrected chi connectivity index (χ2v) is 4.62. The summed E-state index contributed by atoms with van der Waals surface area (Å²) >= 11 is 0. The zero-order valence-electron chi connectivity index (χ0n) is 10.7. The lowest BCUT2D eigenvalue weighted by molar-refractivity contribution is 1.08. The summed E-state index contributed by atoms with van der Waals surface area (Å²) in [7, 11) is 0. The van der Waals surface area contributed by atoms with Crippen LogP contribution >= 0.6 is 0 Å². The quantitative estimate of drug-likeness (QED) is 0.543. The van der Waals surface area contributed by atoms with Crippen molar-refractivity contribution in [2.45, 2.75) is 0 Å². The van der Waals surface area contributed by atoms with Crippen molar-refractivity contribution in [3.05, 3.63) is 71.9 Å². The van der Waals surface area contributed by atoms with E-state index in [1.54, 1.807) is 6.20 Å². The fourth-order valence-corrected chi connectivity index (χ4v) is 2.55. The first-order valence-corrected chi connectivity index (χ1v) is 6.46. The number of aromatic nitrogens is 2. The lowest BCUT2D eigenvalue weighted by Crippen LogP contribution is -2.02. The first-order chi connectivity index (χ1) is 9.93. The lowest BCUT2D eigenvalue weighted by atomic mass is 10.1. The van der Waals surface area contributed by atoms with Crippen molar-refractivity contribution in [1.82, 2.24) is 10.2 Å². The number of hydrogen-bond acceptors (Lipinski definition) is 3. The van der Waals surface area contributed by atoms with Crippen LogP contribution in [0.15, 0.2) is 65.9 Å². The van der Waals surface area contributed by atoms with Gasteiger partial charge in [0, 0.05) is 23.4 Å². The lowest BCUT2D eigenvalue weighted by Gasteiger charge is -2.01. The molecule has 0 radical (unpaired) electrons. The molecule has 0 aliphatic heterocycles. The van der Waals surface area contributed by atoms with Gasteiger partial charge in [0.05, 0.1) is 5.71 Å². The van der Waals surface area contributed by atoms with Crippen LogP contribution in [0, 0.1) is 0 Å². The van der Waals surface area contributed by atoms with Crippen LogP contribution in [-0.4, -0.2) is 15.9 Å². The fraction of sp³-hybridized carbons (Fsp3) is 0. The molecule has 1 aliphatic rings. The second kappa shape index (κ2) is 4.35. The van der Waals surface area contributed by atoms with Gasteiger partial charge in [-0.3, -0.25) is 10.5 Å². The third-order valence-electron chi connectivity index (χ3n) is 3.44. The normalized spacial score (nSPS) is 11.9. The summed E-state index contributed by atoms with van der Waals surface area (Å²) in [5.41, 5.74) is 8.71. The molecule has 0 saturated carbocycles. The van der Waals surface area contributed by atoms with Crippen molar-refractivity contribution in [3.8, 4) is 11.1 Å². The molecule has 3 aromatic rings. The van der Waals surface area contributed by atoms with Gasteiger partial charge >= 0.3 is 0 Å². The molecule has 0 fully saturated rings. The van der Waals surface area contributed by atoms with Crippen LogP contribution in [0.25, 0.3) is 11.1 Å². The predicted molar refractivity (Wildman–Crippen MR) is 79.7 cm³/mol. The molecular weight excluding hydrogens is 248 g/mol. The molecular formula is C16H12N4. The van der Waals surface area contributed by atoms with Crippen molar-refractivity contribution >= 4 is 11.5 Å². The molecule has 4 rings (SSSR count). The van der Waals surface area contributed by atoms with Crippen molar-refractivity contribution in [1.29, 1.82) is 0 Å². The summed E-state index contributed by atoms with van der Waals surface area (Å²) < 4.78 is 0. The summed E-state index contributed by atoms with van der Waals surface area (Å²) in [6, 6.07) is 18.5. The van der Waals surface area contributed by atoms with Crippen molar-refractivity contribution in [3.63, 3.8) is 0 Å². The van der Waals surface area contributed by atoms with E-state index in [2.05, 4.69) is 57.1 Å². The van der Waals surface area contributed by atoms with E-state index in [0.29, 0.717) is 5.82 Å². The van der Waals surface area contributed by atoms with Crippen molar-refractivity contribution in [2.75, 3.05) is 5.43 Å². The van der Waals surface area contributed by atoms with E-state index in [1.165, 1.54) is 11.1 Å². The molecule has 0 saturated heterocycles. The van der Waals surface area contributed by atoms with Gasteiger partial charge in [0.1, 0.15) is 0 Å². The molecule has 2 N–H and O–H groups in total. The Balaban J connectivity index is 1.85. The Kier molecular flexibility index (Phi) is 2.39. The molecule has 0 atom stereocenters. The molecule has 0 amide bonds. The number of aromatic amines is 1. The van der Waals surface area contributed by atoms with E-state index < -0.39 is 0 Å². The first kappa shape index (κ1) is 11.0. The van der Waals surface area contributed by atoms with Gasteiger partial charge in [-0.2, -0.15) is 10.2 Å². The van der Waals surface area contributed by atoms with E-state index in [-0.39, 0.29) is 0 Å². The van der Waals surface area contributed by atoms with Crippen LogP contribution in [0.3, 0.4) is 0 Å². The fourth-order valence-electron chi connectivity index (χ4n) is 2.55. The standard InChI is InChI=1S/C16H12N4/c1-3-7-13-11(5-1)12-6-2-4-8-14(12)16(13)20-19-15-9-10-17-18-15/h1-10H,(H2,17,18,19). The highest BCUT2D eigenvalue weighted by atomic mass is 15.3. The summed E-state index contributed by atoms with van der Waals surface area (Å²) in [5, 5.41) is 11.3. The van der Waals surface area contributed by atoms with Crippen molar-refractivity contribution < 1.29 is 0 Å². The average Bonchev–Trinajstić information content (AvgIpc) is 3.11. The summed E-state index contributed by atoms with van der Waals surface area (Å²) in [6.45, 7) is 0. The second-order valence-electron chi connectivity index (χ2n) is 4.62. The molecule has 4 nitrogen and oxygen atoms in total. The molecule has 1 aromatic heterocycles. The van der Waals surface area contributed by atoms with Crippen LogP contribution in [0.1, 0.15) is 11.1 Å². The topological polar surface area (TPSA) is 53.1 Å². The van der Waals surface area contributed by atoms with Gasteiger partial charge in [0.15, 0.2) is 5.82 Å². The SMILES string of the molecule is c1ccc2c(c1)C(=NNc1cc[nH]n1)c1ccccc1-2. The Morgan fingerprint density at radius 2 is 1.40 bits per heavy atom. The maximum atomic E-state index is 4.53. The number of hydrogen-bond donors (Lipinski definition) is 2. The zero-order valence-corrected chi connectivity index (χ0v) is 10.7. The van der Waals surface area contributed by atoms with Gasteiger partial charge in [-0.05, 0) is 11.1 Å². The number of H-pyrrole nitrogens is 1. The number of nitrogens with one attached hydrogen (secondary N) is 2. The minimum Gasteiger partial charge on any atom is -0.284 e. The van der Waals surface area contributed by atoms with Gasteiger partial charge in [0.25, 0.3) is 0 Å².